The molecule has 0 bridgehead atoms. The van der Waals surface area contributed by atoms with Gasteiger partial charge < -0.3 is 13.9 Å². The van der Waals surface area contributed by atoms with Crippen LogP contribution < -0.4 is 5.46 Å². The van der Waals surface area contributed by atoms with Crippen molar-refractivity contribution in [1.29, 1.82) is 0 Å². The molecule has 0 saturated carbocycles. The molecule has 0 spiro atoms. The van der Waals surface area contributed by atoms with Crippen molar-refractivity contribution in [2.45, 2.75) is 38.9 Å². The van der Waals surface area contributed by atoms with Gasteiger partial charge in [0.2, 0.25) is 0 Å². The first-order chi connectivity index (χ1) is 17.4. The first-order valence-corrected chi connectivity index (χ1v) is 12.6. The van der Waals surface area contributed by atoms with Crippen LogP contribution in [0.15, 0.2) is 97.1 Å². The van der Waals surface area contributed by atoms with E-state index < -0.39 is 18.3 Å². The number of aromatic nitrogens is 1. The minimum absolute atomic E-state index is 0.407. The molecule has 3 nitrogen and oxygen atoms in total. The molecule has 5 aromatic carbocycles. The summed E-state index contributed by atoms with van der Waals surface area (Å²) in [5.41, 5.74) is 3.79. The minimum atomic E-state index is -0.441. The Morgan fingerprint density at radius 1 is 0.611 bits per heavy atom. The molecule has 0 aliphatic carbocycles. The molecule has 0 unspecified atom stereocenters. The molecule has 1 fully saturated rings. The Labute approximate surface area is 211 Å². The topological polar surface area (TPSA) is 23.4 Å². The second kappa shape index (κ2) is 7.46. The van der Waals surface area contributed by atoms with Crippen LogP contribution in [0.2, 0.25) is 0 Å². The summed E-state index contributed by atoms with van der Waals surface area (Å²) in [7, 11) is -0.441. The summed E-state index contributed by atoms with van der Waals surface area (Å²) in [6.07, 6.45) is 0. The Bertz CT molecular complexity index is 1780. The van der Waals surface area contributed by atoms with Gasteiger partial charge >= 0.3 is 7.12 Å². The largest absolute Gasteiger partial charge is 0.495 e. The van der Waals surface area contributed by atoms with E-state index in [1.54, 1.807) is 0 Å². The van der Waals surface area contributed by atoms with Gasteiger partial charge in [-0.3, -0.25) is 0 Å². The van der Waals surface area contributed by atoms with Crippen LogP contribution in [0, 0.1) is 0 Å². The van der Waals surface area contributed by atoms with Crippen molar-refractivity contribution in [3.63, 3.8) is 0 Å². The van der Waals surface area contributed by atoms with Crippen molar-refractivity contribution in [3.8, 4) is 5.69 Å². The number of nitrogens with zero attached hydrogens (tertiary/aromatic N) is 1. The van der Waals surface area contributed by atoms with E-state index in [9.17, 15) is 0 Å². The third kappa shape index (κ3) is 2.95. The van der Waals surface area contributed by atoms with Crippen LogP contribution >= 0.6 is 0 Å². The lowest BCUT2D eigenvalue weighted by atomic mass is 9.75. The van der Waals surface area contributed by atoms with Gasteiger partial charge in [0, 0.05) is 21.8 Å². The zero-order valence-electron chi connectivity index (χ0n) is 21.1. The van der Waals surface area contributed by atoms with Gasteiger partial charge in [0.25, 0.3) is 0 Å². The van der Waals surface area contributed by atoms with Crippen LogP contribution in [0.3, 0.4) is 0 Å². The minimum Gasteiger partial charge on any atom is -0.399 e. The summed E-state index contributed by atoms with van der Waals surface area (Å²) in [5.74, 6) is 0. The van der Waals surface area contributed by atoms with Gasteiger partial charge in [-0.05, 0) is 67.5 Å². The maximum Gasteiger partial charge on any atom is 0.495 e. The predicted octanol–water partition coefficient (Wildman–Crippen LogP) is 7.39. The molecule has 7 rings (SSSR count). The Hall–Kier alpha value is -3.60. The Balaban J connectivity index is 1.67. The van der Waals surface area contributed by atoms with E-state index in [0.29, 0.717) is 0 Å². The van der Waals surface area contributed by atoms with Crippen molar-refractivity contribution in [1.82, 2.24) is 4.57 Å². The predicted molar refractivity (Wildman–Crippen MR) is 152 cm³/mol. The Kier molecular flexibility index (Phi) is 4.49. The van der Waals surface area contributed by atoms with Crippen LogP contribution in [-0.4, -0.2) is 22.9 Å². The van der Waals surface area contributed by atoms with Crippen LogP contribution in [0.1, 0.15) is 27.7 Å². The molecule has 1 aromatic heterocycles. The van der Waals surface area contributed by atoms with Gasteiger partial charge in [-0.25, -0.2) is 0 Å². The molecular formula is C32H28BNO2. The van der Waals surface area contributed by atoms with Crippen molar-refractivity contribution in [2.24, 2.45) is 0 Å². The lowest BCUT2D eigenvalue weighted by molar-refractivity contribution is 0.00578. The fourth-order valence-electron chi connectivity index (χ4n) is 5.68. The van der Waals surface area contributed by atoms with Gasteiger partial charge in [-0.1, -0.05) is 78.9 Å². The SMILES string of the molecule is CC1(C)OB(c2cc3c(c4ccccc24)c2ccc4ccccc4c2n3-c2ccccc2)OC1(C)C. The van der Waals surface area contributed by atoms with E-state index in [-0.39, 0.29) is 0 Å². The molecule has 2 heterocycles. The molecular weight excluding hydrogens is 441 g/mol. The van der Waals surface area contributed by atoms with E-state index in [0.717, 1.165) is 16.7 Å². The molecule has 176 valence electrons. The third-order valence-corrected chi connectivity index (χ3v) is 8.21. The molecule has 6 aromatic rings. The first kappa shape index (κ1) is 21.7. The van der Waals surface area contributed by atoms with Gasteiger partial charge in [0.1, 0.15) is 0 Å². The summed E-state index contributed by atoms with van der Waals surface area (Å²) in [5, 5.41) is 7.38. The molecule has 4 heteroatoms. The quantitative estimate of drug-likeness (QED) is 0.247. The summed E-state index contributed by atoms with van der Waals surface area (Å²) in [4.78, 5) is 0. The first-order valence-electron chi connectivity index (χ1n) is 12.6. The van der Waals surface area contributed by atoms with E-state index in [4.69, 9.17) is 9.31 Å². The van der Waals surface area contributed by atoms with Crippen molar-refractivity contribution >= 4 is 55.9 Å². The van der Waals surface area contributed by atoms with Gasteiger partial charge in [0.05, 0.1) is 22.2 Å². The van der Waals surface area contributed by atoms with Crippen LogP contribution in [0.5, 0.6) is 0 Å². The second-order valence-corrected chi connectivity index (χ2v) is 10.8. The van der Waals surface area contributed by atoms with Crippen molar-refractivity contribution in [3.05, 3.63) is 97.1 Å². The average Bonchev–Trinajstić information content (AvgIpc) is 3.33. The summed E-state index contributed by atoms with van der Waals surface area (Å²) in [6, 6.07) is 34.8. The molecule has 36 heavy (non-hydrogen) atoms. The maximum atomic E-state index is 6.57. The number of rotatable bonds is 2. The monoisotopic (exact) mass is 469 g/mol. The van der Waals surface area contributed by atoms with E-state index >= 15 is 0 Å². The third-order valence-electron chi connectivity index (χ3n) is 8.21. The number of fused-ring (bicyclic) bond motifs is 7. The average molecular weight is 469 g/mol. The lowest BCUT2D eigenvalue weighted by Gasteiger charge is -2.32. The van der Waals surface area contributed by atoms with Gasteiger partial charge in [-0.2, -0.15) is 0 Å². The standard InChI is InChI=1S/C32H28BNO2/c1-31(2)32(3,4)36-33(35-31)27-20-28-29(25-17-11-10-16-24(25)27)26-19-18-21-12-8-9-15-23(21)30(26)34(28)22-13-6-5-7-14-22/h5-20H,1-4H3. The molecule has 0 amide bonds. The Morgan fingerprint density at radius 3 is 1.94 bits per heavy atom. The highest BCUT2D eigenvalue weighted by atomic mass is 16.7. The number of para-hydroxylation sites is 1. The molecule has 1 aliphatic heterocycles. The fraction of sp³-hybridized carbons (Fsp3) is 0.188. The molecule has 0 N–H and O–H groups in total. The second-order valence-electron chi connectivity index (χ2n) is 10.8. The molecule has 0 atom stereocenters. The van der Waals surface area contributed by atoms with Crippen LogP contribution in [0.4, 0.5) is 0 Å². The number of hydrogen-bond acceptors (Lipinski definition) is 2. The summed E-state index contributed by atoms with van der Waals surface area (Å²) >= 11 is 0. The van der Waals surface area contributed by atoms with E-state index in [1.807, 2.05) is 0 Å². The summed E-state index contributed by atoms with van der Waals surface area (Å²) in [6.45, 7) is 8.45. The number of hydrogen-bond donors (Lipinski definition) is 0. The molecule has 0 radical (unpaired) electrons. The van der Waals surface area contributed by atoms with E-state index in [1.165, 1.54) is 37.8 Å². The molecule has 1 saturated heterocycles. The normalized spacial score (nSPS) is 17.1. The van der Waals surface area contributed by atoms with E-state index in [2.05, 4.69) is 129 Å². The highest BCUT2D eigenvalue weighted by Gasteiger charge is 2.52. The highest BCUT2D eigenvalue weighted by molar-refractivity contribution is 6.66. The van der Waals surface area contributed by atoms with Crippen LogP contribution in [0.25, 0.3) is 49.0 Å². The molecule has 1 aliphatic rings. The fourth-order valence-corrected chi connectivity index (χ4v) is 5.68. The Morgan fingerprint density at radius 2 is 1.22 bits per heavy atom. The smallest absolute Gasteiger partial charge is 0.399 e. The number of benzene rings is 5. The highest BCUT2D eigenvalue weighted by Crippen LogP contribution is 2.41. The maximum absolute atomic E-state index is 6.57. The zero-order valence-corrected chi connectivity index (χ0v) is 21.1. The van der Waals surface area contributed by atoms with Gasteiger partial charge in [-0.15, -0.1) is 0 Å². The summed E-state index contributed by atoms with van der Waals surface area (Å²) < 4.78 is 15.5. The lowest BCUT2D eigenvalue weighted by Crippen LogP contribution is -2.41. The van der Waals surface area contributed by atoms with Gasteiger partial charge in [0.15, 0.2) is 0 Å². The van der Waals surface area contributed by atoms with Crippen molar-refractivity contribution in [2.75, 3.05) is 0 Å². The zero-order chi connectivity index (χ0) is 24.7. The van der Waals surface area contributed by atoms with Crippen LogP contribution in [-0.2, 0) is 9.31 Å². The van der Waals surface area contributed by atoms with Crippen molar-refractivity contribution < 1.29 is 9.31 Å².